The summed E-state index contributed by atoms with van der Waals surface area (Å²) in [6, 6.07) is 23.3. The number of fused-ring (bicyclic) bond motifs is 3. The molecule has 3 heterocycles. The second-order valence-electron chi connectivity index (χ2n) is 7.94. The van der Waals surface area contributed by atoms with Gasteiger partial charge in [-0.05, 0) is 36.4 Å². The fourth-order valence-electron chi connectivity index (χ4n) is 3.92. The third-order valence-corrected chi connectivity index (χ3v) is 8.94. The first-order valence-electron chi connectivity index (χ1n) is 10.8. The van der Waals surface area contributed by atoms with Crippen molar-refractivity contribution in [3.05, 3.63) is 87.8 Å². The summed E-state index contributed by atoms with van der Waals surface area (Å²) in [5, 5.41) is 1.74. The van der Waals surface area contributed by atoms with E-state index in [1.54, 1.807) is 11.3 Å². The first kappa shape index (κ1) is 21.2. The Morgan fingerprint density at radius 1 is 0.588 bits per heavy atom. The van der Waals surface area contributed by atoms with Crippen LogP contribution in [0.1, 0.15) is 43.4 Å². The van der Waals surface area contributed by atoms with Crippen molar-refractivity contribution in [2.45, 2.75) is 18.8 Å². The van der Waals surface area contributed by atoms with Crippen molar-refractivity contribution < 1.29 is 9.59 Å². The monoisotopic (exact) mass is 499 g/mol. The molecule has 8 heteroatoms. The topological polar surface area (TPSA) is 72.8 Å². The molecule has 6 aromatic rings. The van der Waals surface area contributed by atoms with E-state index in [0.29, 0.717) is 10.0 Å². The standard InChI is InChI=1S/C26H17N3O2S3/c30-19(25-28-17-8-2-5-11-22(17)33-25)13-15(24-27-16-7-1-4-10-21(16)32-24)14-20(31)26-29-18-9-3-6-12-23(18)34-26/h1-12,15H,13-14H2. The van der Waals surface area contributed by atoms with Crippen LogP contribution in [0.2, 0.25) is 0 Å². The molecule has 0 saturated carbocycles. The van der Waals surface area contributed by atoms with E-state index in [1.165, 1.54) is 22.7 Å². The summed E-state index contributed by atoms with van der Waals surface area (Å²) >= 11 is 4.33. The van der Waals surface area contributed by atoms with Crippen LogP contribution >= 0.6 is 34.0 Å². The number of hydrogen-bond donors (Lipinski definition) is 0. The minimum atomic E-state index is -0.337. The Morgan fingerprint density at radius 3 is 1.44 bits per heavy atom. The SMILES string of the molecule is O=C(CC(CC(=O)c1nc2ccccc2s1)c1nc2ccccc2s1)c1nc2ccccc2s1. The minimum Gasteiger partial charge on any atom is -0.291 e. The fraction of sp³-hybridized carbons (Fsp3) is 0.115. The molecular weight excluding hydrogens is 483 g/mol. The van der Waals surface area contributed by atoms with Crippen molar-refractivity contribution in [2.75, 3.05) is 0 Å². The molecule has 0 aliphatic rings. The lowest BCUT2D eigenvalue weighted by Crippen LogP contribution is -2.12. The number of carbonyl (C=O) groups is 2. The Labute approximate surface area is 206 Å². The molecule has 0 spiro atoms. The molecule has 5 nitrogen and oxygen atoms in total. The van der Waals surface area contributed by atoms with E-state index < -0.39 is 0 Å². The normalized spacial score (nSPS) is 11.7. The summed E-state index contributed by atoms with van der Waals surface area (Å²) in [7, 11) is 0. The predicted octanol–water partition coefficient (Wildman–Crippen LogP) is 7.15. The summed E-state index contributed by atoms with van der Waals surface area (Å²) in [5.74, 6) is -0.471. The van der Waals surface area contributed by atoms with Gasteiger partial charge in [0.2, 0.25) is 0 Å². The van der Waals surface area contributed by atoms with Gasteiger partial charge in [0.15, 0.2) is 21.6 Å². The zero-order valence-corrected chi connectivity index (χ0v) is 20.3. The smallest absolute Gasteiger partial charge is 0.192 e. The van der Waals surface area contributed by atoms with Crippen LogP contribution in [0.4, 0.5) is 0 Å². The van der Waals surface area contributed by atoms with Gasteiger partial charge >= 0.3 is 0 Å². The molecule has 0 amide bonds. The van der Waals surface area contributed by atoms with Gasteiger partial charge in [-0.2, -0.15) is 0 Å². The van der Waals surface area contributed by atoms with Crippen molar-refractivity contribution in [3.63, 3.8) is 0 Å². The number of carbonyl (C=O) groups excluding carboxylic acids is 2. The number of para-hydroxylation sites is 3. The second-order valence-corrected chi connectivity index (χ2v) is 11.1. The van der Waals surface area contributed by atoms with Gasteiger partial charge in [-0.15, -0.1) is 34.0 Å². The van der Waals surface area contributed by atoms with Crippen LogP contribution in [0, 0.1) is 0 Å². The summed E-state index contributed by atoms with van der Waals surface area (Å²) in [5.41, 5.74) is 2.52. The molecule has 0 saturated heterocycles. The summed E-state index contributed by atoms with van der Waals surface area (Å²) in [4.78, 5) is 40.4. The van der Waals surface area contributed by atoms with E-state index in [4.69, 9.17) is 4.98 Å². The summed E-state index contributed by atoms with van der Waals surface area (Å²) in [6.45, 7) is 0. The Hall–Kier alpha value is -3.33. The number of benzene rings is 3. The number of rotatable bonds is 7. The maximum absolute atomic E-state index is 13.3. The Bertz CT molecular complexity index is 1490. The molecule has 3 aromatic heterocycles. The van der Waals surface area contributed by atoms with E-state index in [9.17, 15) is 9.59 Å². The molecule has 0 N–H and O–H groups in total. The molecule has 166 valence electrons. The van der Waals surface area contributed by atoms with E-state index in [2.05, 4.69) is 9.97 Å². The van der Waals surface area contributed by atoms with Crippen molar-refractivity contribution in [1.82, 2.24) is 15.0 Å². The van der Waals surface area contributed by atoms with Crippen LogP contribution in [0.25, 0.3) is 30.6 Å². The van der Waals surface area contributed by atoms with Crippen molar-refractivity contribution in [2.24, 2.45) is 0 Å². The summed E-state index contributed by atoms with van der Waals surface area (Å²) in [6.07, 6.45) is 0.354. The Morgan fingerprint density at radius 2 is 1.00 bits per heavy atom. The number of ketones is 2. The number of nitrogens with zero attached hydrogens (tertiary/aromatic N) is 3. The quantitative estimate of drug-likeness (QED) is 0.218. The molecule has 0 aliphatic heterocycles. The first-order chi connectivity index (χ1) is 16.6. The average Bonchev–Trinajstić information content (AvgIpc) is 3.59. The highest BCUT2D eigenvalue weighted by atomic mass is 32.1. The Kier molecular flexibility index (Phi) is 5.49. The lowest BCUT2D eigenvalue weighted by atomic mass is 9.97. The van der Waals surface area contributed by atoms with Crippen molar-refractivity contribution >= 4 is 76.2 Å². The lowest BCUT2D eigenvalue weighted by Gasteiger charge is -2.11. The highest BCUT2D eigenvalue weighted by Crippen LogP contribution is 2.35. The van der Waals surface area contributed by atoms with Gasteiger partial charge < -0.3 is 0 Å². The first-order valence-corrected chi connectivity index (χ1v) is 13.2. The van der Waals surface area contributed by atoms with Gasteiger partial charge in [0.1, 0.15) is 0 Å². The zero-order chi connectivity index (χ0) is 23.1. The number of thiazole rings is 3. The number of Topliss-reactive ketones (excluding diaryl/α,β-unsaturated/α-hetero) is 2. The molecule has 0 fully saturated rings. The van der Waals surface area contributed by atoms with Gasteiger partial charge in [0, 0.05) is 18.8 Å². The van der Waals surface area contributed by atoms with Crippen LogP contribution in [0.3, 0.4) is 0 Å². The third-order valence-electron chi connectivity index (χ3n) is 5.59. The predicted molar refractivity (Wildman–Crippen MR) is 139 cm³/mol. The molecule has 6 rings (SSSR count). The van der Waals surface area contributed by atoms with Gasteiger partial charge in [-0.25, -0.2) is 15.0 Å². The minimum absolute atomic E-state index is 0.0671. The van der Waals surface area contributed by atoms with E-state index in [1.807, 2.05) is 72.8 Å². The molecule has 0 atom stereocenters. The van der Waals surface area contributed by atoms with Crippen LogP contribution < -0.4 is 0 Å². The van der Waals surface area contributed by atoms with E-state index in [0.717, 1.165) is 35.7 Å². The van der Waals surface area contributed by atoms with Crippen molar-refractivity contribution in [3.8, 4) is 0 Å². The zero-order valence-electron chi connectivity index (χ0n) is 17.8. The second kappa shape index (κ2) is 8.79. The molecule has 3 aromatic carbocycles. The average molecular weight is 500 g/mol. The maximum atomic E-state index is 13.3. The van der Waals surface area contributed by atoms with E-state index >= 15 is 0 Å². The van der Waals surface area contributed by atoms with Gasteiger partial charge in [-0.3, -0.25) is 9.59 Å². The molecule has 0 aliphatic carbocycles. The van der Waals surface area contributed by atoms with Crippen LogP contribution in [-0.2, 0) is 0 Å². The van der Waals surface area contributed by atoms with Crippen LogP contribution in [0.15, 0.2) is 72.8 Å². The van der Waals surface area contributed by atoms with Gasteiger partial charge in [0.05, 0.1) is 35.7 Å². The third kappa shape index (κ3) is 4.04. The van der Waals surface area contributed by atoms with Crippen LogP contribution in [0.5, 0.6) is 0 Å². The highest BCUT2D eigenvalue weighted by molar-refractivity contribution is 7.20. The van der Waals surface area contributed by atoms with Crippen LogP contribution in [-0.4, -0.2) is 26.5 Å². The Balaban J connectivity index is 1.33. The van der Waals surface area contributed by atoms with Gasteiger partial charge in [-0.1, -0.05) is 36.4 Å². The fourth-order valence-corrected chi connectivity index (χ4v) is 6.81. The largest absolute Gasteiger partial charge is 0.291 e. The molecule has 34 heavy (non-hydrogen) atoms. The molecule has 0 radical (unpaired) electrons. The molecule has 0 bridgehead atoms. The maximum Gasteiger partial charge on any atom is 0.192 e. The lowest BCUT2D eigenvalue weighted by molar-refractivity contribution is 0.0944. The highest BCUT2D eigenvalue weighted by Gasteiger charge is 2.27. The van der Waals surface area contributed by atoms with Crippen molar-refractivity contribution in [1.29, 1.82) is 0 Å². The summed E-state index contributed by atoms with van der Waals surface area (Å²) < 4.78 is 3.00. The molecular formula is C26H17N3O2S3. The number of hydrogen-bond acceptors (Lipinski definition) is 8. The van der Waals surface area contributed by atoms with Gasteiger partial charge in [0.25, 0.3) is 0 Å². The van der Waals surface area contributed by atoms with E-state index in [-0.39, 0.29) is 30.3 Å². The number of aromatic nitrogens is 3. The molecule has 0 unspecified atom stereocenters.